The van der Waals surface area contributed by atoms with Crippen LogP contribution in [0.15, 0.2) is 18.2 Å². The van der Waals surface area contributed by atoms with Gasteiger partial charge in [-0.05, 0) is 18.9 Å². The Hall–Kier alpha value is -2.95. The van der Waals surface area contributed by atoms with E-state index in [-0.39, 0.29) is 11.4 Å². The Balaban J connectivity index is 1.65. The van der Waals surface area contributed by atoms with Crippen molar-refractivity contribution in [2.24, 2.45) is 0 Å². The van der Waals surface area contributed by atoms with Crippen LogP contribution in [0, 0.1) is 10.1 Å². The maximum absolute atomic E-state index is 12.3. The predicted octanol–water partition coefficient (Wildman–Crippen LogP) is 3.87. The van der Waals surface area contributed by atoms with Crippen molar-refractivity contribution in [3.8, 4) is 5.75 Å². The van der Waals surface area contributed by atoms with Crippen molar-refractivity contribution in [2.45, 2.75) is 38.1 Å². The van der Waals surface area contributed by atoms with Gasteiger partial charge in [-0.15, -0.1) is 10.2 Å². The molecular weight excluding hydrogens is 384 g/mol. The molecule has 1 aliphatic carbocycles. The van der Waals surface area contributed by atoms with E-state index in [0.717, 1.165) is 18.0 Å². The van der Waals surface area contributed by atoms with Crippen molar-refractivity contribution in [1.29, 1.82) is 0 Å². The molecule has 0 atom stereocenters. The fourth-order valence-corrected chi connectivity index (χ4v) is 3.96. The van der Waals surface area contributed by atoms with E-state index in [4.69, 9.17) is 4.74 Å². The number of urea groups is 1. The lowest BCUT2D eigenvalue weighted by atomic mass is 9.95. The summed E-state index contributed by atoms with van der Waals surface area (Å²) in [4.78, 5) is 24.8. The van der Waals surface area contributed by atoms with Crippen molar-refractivity contribution in [1.82, 2.24) is 10.2 Å². The summed E-state index contributed by atoms with van der Waals surface area (Å²) in [7, 11) is 3.41. The van der Waals surface area contributed by atoms with Gasteiger partial charge >= 0.3 is 6.03 Å². The van der Waals surface area contributed by atoms with E-state index in [1.54, 1.807) is 0 Å². The number of anilines is 3. The van der Waals surface area contributed by atoms with Gasteiger partial charge in [0, 0.05) is 25.2 Å². The number of nitrogens with one attached hydrogen (secondary N) is 2. The van der Waals surface area contributed by atoms with Gasteiger partial charge in [-0.3, -0.25) is 15.4 Å². The molecular formula is C17H22N6O4S. The molecule has 0 unspecified atom stereocenters. The molecule has 1 saturated carbocycles. The fourth-order valence-electron chi connectivity index (χ4n) is 3.19. The molecule has 28 heavy (non-hydrogen) atoms. The van der Waals surface area contributed by atoms with Gasteiger partial charge in [-0.1, -0.05) is 30.6 Å². The topological polar surface area (TPSA) is 123 Å². The number of hydrogen-bond acceptors (Lipinski definition) is 8. The summed E-state index contributed by atoms with van der Waals surface area (Å²) < 4.78 is 5.14. The van der Waals surface area contributed by atoms with Gasteiger partial charge in [0.15, 0.2) is 0 Å². The molecule has 2 N–H and O–H groups in total. The first-order valence-corrected chi connectivity index (χ1v) is 9.76. The van der Waals surface area contributed by atoms with Crippen molar-refractivity contribution in [3.63, 3.8) is 0 Å². The molecule has 3 rings (SSSR count). The number of nitro benzene ring substituents is 1. The Morgan fingerprint density at radius 1 is 1.29 bits per heavy atom. The second-order valence-corrected chi connectivity index (χ2v) is 7.47. The standard InChI is InChI=1S/C17H22N6O4S/c1-22(11-6-4-3-5-7-11)17-21-20-16(28-17)19-15(24)18-13-10-12(23(25)26)8-9-14(13)27-2/h8-11H,3-7H2,1-2H3,(H2,18,19,20,24). The number of hydrogen-bond donors (Lipinski definition) is 2. The average molecular weight is 406 g/mol. The molecule has 0 saturated heterocycles. The van der Waals surface area contributed by atoms with Gasteiger partial charge in [0.05, 0.1) is 17.7 Å². The monoisotopic (exact) mass is 406 g/mol. The number of amides is 2. The van der Waals surface area contributed by atoms with Gasteiger partial charge in [0.2, 0.25) is 10.3 Å². The van der Waals surface area contributed by atoms with Gasteiger partial charge in [-0.25, -0.2) is 4.79 Å². The zero-order chi connectivity index (χ0) is 20.1. The van der Waals surface area contributed by atoms with Gasteiger partial charge in [0.25, 0.3) is 5.69 Å². The number of nitrogens with zero attached hydrogens (tertiary/aromatic N) is 4. The van der Waals surface area contributed by atoms with Crippen LogP contribution in [0.1, 0.15) is 32.1 Å². The highest BCUT2D eigenvalue weighted by molar-refractivity contribution is 7.19. The molecule has 150 valence electrons. The SMILES string of the molecule is COc1ccc([N+](=O)[O-])cc1NC(=O)Nc1nnc(N(C)C2CCCCC2)s1. The minimum Gasteiger partial charge on any atom is -0.495 e. The van der Waals surface area contributed by atoms with Gasteiger partial charge in [-0.2, -0.15) is 0 Å². The van der Waals surface area contributed by atoms with Crippen LogP contribution in [-0.2, 0) is 0 Å². The summed E-state index contributed by atoms with van der Waals surface area (Å²) in [5, 5.41) is 25.4. The molecule has 0 bridgehead atoms. The van der Waals surface area contributed by atoms with Crippen LogP contribution < -0.4 is 20.3 Å². The average Bonchev–Trinajstić information content (AvgIpc) is 3.16. The molecule has 0 aliphatic heterocycles. The minimum atomic E-state index is -0.582. The van der Waals surface area contributed by atoms with Gasteiger partial charge in [0.1, 0.15) is 5.75 Å². The number of carbonyl (C=O) groups is 1. The zero-order valence-corrected chi connectivity index (χ0v) is 16.5. The van der Waals surface area contributed by atoms with E-state index in [0.29, 0.717) is 16.9 Å². The molecule has 1 heterocycles. The second kappa shape index (κ2) is 8.83. The van der Waals surface area contributed by atoms with E-state index in [2.05, 4.69) is 25.7 Å². The maximum Gasteiger partial charge on any atom is 0.325 e. The molecule has 1 aliphatic rings. The normalized spacial score (nSPS) is 14.4. The largest absolute Gasteiger partial charge is 0.495 e. The van der Waals surface area contributed by atoms with Crippen LogP contribution in [0.3, 0.4) is 0 Å². The summed E-state index contributed by atoms with van der Waals surface area (Å²) in [6.07, 6.45) is 5.96. The molecule has 1 aromatic carbocycles. The first kappa shape index (κ1) is 19.8. The van der Waals surface area contributed by atoms with Crippen molar-refractivity contribution >= 4 is 39.0 Å². The van der Waals surface area contributed by atoms with Crippen molar-refractivity contribution in [2.75, 3.05) is 29.7 Å². The Morgan fingerprint density at radius 3 is 2.71 bits per heavy atom. The van der Waals surface area contributed by atoms with E-state index in [1.165, 1.54) is 55.9 Å². The Bertz CT molecular complexity index is 852. The highest BCUT2D eigenvalue weighted by Crippen LogP contribution is 2.31. The quantitative estimate of drug-likeness (QED) is 0.551. The highest BCUT2D eigenvalue weighted by Gasteiger charge is 2.21. The molecule has 11 heteroatoms. The summed E-state index contributed by atoms with van der Waals surface area (Å²) in [6.45, 7) is 0. The number of carbonyl (C=O) groups excluding carboxylic acids is 1. The fraction of sp³-hybridized carbons (Fsp3) is 0.471. The number of methoxy groups -OCH3 is 1. The third-order valence-electron chi connectivity index (χ3n) is 4.70. The van der Waals surface area contributed by atoms with Crippen LogP contribution in [0.5, 0.6) is 5.75 Å². The van der Waals surface area contributed by atoms with Crippen LogP contribution in [0.4, 0.5) is 26.4 Å². The summed E-state index contributed by atoms with van der Waals surface area (Å²) in [5.41, 5.74) is 0.0432. The van der Waals surface area contributed by atoms with Crippen LogP contribution >= 0.6 is 11.3 Å². The molecule has 2 aromatic rings. The minimum absolute atomic E-state index is 0.150. The smallest absolute Gasteiger partial charge is 0.325 e. The van der Waals surface area contributed by atoms with Crippen LogP contribution in [-0.4, -0.2) is 41.4 Å². The first-order valence-electron chi connectivity index (χ1n) is 8.94. The lowest BCUT2D eigenvalue weighted by Crippen LogP contribution is -2.33. The number of non-ortho nitro benzene ring substituents is 1. The van der Waals surface area contributed by atoms with Crippen LogP contribution in [0.25, 0.3) is 0 Å². The predicted molar refractivity (Wildman–Crippen MR) is 107 cm³/mol. The number of ether oxygens (including phenoxy) is 1. The first-order chi connectivity index (χ1) is 13.5. The Kier molecular flexibility index (Phi) is 6.24. The molecule has 0 spiro atoms. The number of rotatable bonds is 6. The highest BCUT2D eigenvalue weighted by atomic mass is 32.1. The van der Waals surface area contributed by atoms with Gasteiger partial charge < -0.3 is 15.0 Å². The van der Waals surface area contributed by atoms with E-state index < -0.39 is 11.0 Å². The van der Waals surface area contributed by atoms with E-state index in [9.17, 15) is 14.9 Å². The Morgan fingerprint density at radius 2 is 2.04 bits per heavy atom. The number of nitro groups is 1. The van der Waals surface area contributed by atoms with Crippen molar-refractivity contribution in [3.05, 3.63) is 28.3 Å². The molecule has 1 aromatic heterocycles. The van der Waals surface area contributed by atoms with Crippen molar-refractivity contribution < 1.29 is 14.5 Å². The molecule has 1 fully saturated rings. The lowest BCUT2D eigenvalue weighted by molar-refractivity contribution is -0.384. The summed E-state index contributed by atoms with van der Waals surface area (Å²) in [5.74, 6) is 0.315. The third-order valence-corrected chi connectivity index (χ3v) is 5.63. The molecule has 0 radical (unpaired) electrons. The summed E-state index contributed by atoms with van der Waals surface area (Å²) in [6, 6.07) is 3.83. The zero-order valence-electron chi connectivity index (χ0n) is 15.7. The van der Waals surface area contributed by atoms with Crippen LogP contribution in [0.2, 0.25) is 0 Å². The number of aromatic nitrogens is 2. The van der Waals surface area contributed by atoms with E-state index in [1.807, 2.05) is 7.05 Å². The van der Waals surface area contributed by atoms with E-state index >= 15 is 0 Å². The second-order valence-electron chi connectivity index (χ2n) is 6.51. The lowest BCUT2D eigenvalue weighted by Gasteiger charge is -2.30. The maximum atomic E-state index is 12.3. The molecule has 2 amide bonds. The summed E-state index contributed by atoms with van der Waals surface area (Å²) >= 11 is 1.28. The Labute approximate surface area is 166 Å². The third kappa shape index (κ3) is 4.66. The molecule has 10 nitrogen and oxygen atoms in total. The number of benzene rings is 1.